The summed E-state index contributed by atoms with van der Waals surface area (Å²) in [5.41, 5.74) is 1.87. The molecule has 0 bridgehead atoms. The molecule has 1 atom stereocenters. The molecule has 4 rings (SSSR count). The number of fused-ring (bicyclic) bond motifs is 2. The number of rotatable bonds is 7. The van der Waals surface area contributed by atoms with Crippen LogP contribution in [-0.2, 0) is 11.3 Å². The van der Waals surface area contributed by atoms with Gasteiger partial charge in [-0.2, -0.15) is 0 Å². The van der Waals surface area contributed by atoms with Crippen LogP contribution in [0, 0.1) is 0 Å². The van der Waals surface area contributed by atoms with Crippen LogP contribution in [0.15, 0.2) is 40.7 Å². The molecule has 0 saturated heterocycles. The van der Waals surface area contributed by atoms with Crippen LogP contribution < -0.4 is 9.47 Å². The van der Waals surface area contributed by atoms with Crippen LogP contribution in [0.4, 0.5) is 0 Å². The van der Waals surface area contributed by atoms with E-state index in [1.807, 2.05) is 36.4 Å². The van der Waals surface area contributed by atoms with Gasteiger partial charge in [0.15, 0.2) is 15.8 Å². The van der Waals surface area contributed by atoms with Gasteiger partial charge >= 0.3 is 0 Å². The second-order valence-electron chi connectivity index (χ2n) is 5.76. The molecule has 8 heteroatoms. The first-order valence-corrected chi connectivity index (χ1v) is 10.2. The van der Waals surface area contributed by atoms with Crippen molar-refractivity contribution in [3.8, 4) is 11.5 Å². The van der Waals surface area contributed by atoms with Gasteiger partial charge in [-0.05, 0) is 35.9 Å². The van der Waals surface area contributed by atoms with Crippen molar-refractivity contribution >= 4 is 44.9 Å². The van der Waals surface area contributed by atoms with Crippen molar-refractivity contribution in [3.63, 3.8) is 0 Å². The molecule has 0 radical (unpaired) electrons. The van der Waals surface area contributed by atoms with Gasteiger partial charge in [-0.1, -0.05) is 29.4 Å². The molecule has 0 aliphatic carbocycles. The number of aliphatic hydroxyl groups excluding tert-OH is 1. The summed E-state index contributed by atoms with van der Waals surface area (Å²) in [5.74, 6) is 2.01. The Morgan fingerprint density at radius 1 is 1.23 bits per heavy atom. The van der Waals surface area contributed by atoms with Gasteiger partial charge in [0.2, 0.25) is 6.79 Å². The van der Waals surface area contributed by atoms with E-state index in [2.05, 4.69) is 4.98 Å². The number of thioether (sulfide) groups is 1. The molecule has 0 spiro atoms. The number of aliphatic hydroxyl groups is 1. The Labute approximate surface area is 163 Å². The van der Waals surface area contributed by atoms with E-state index in [0.717, 1.165) is 31.6 Å². The lowest BCUT2D eigenvalue weighted by Crippen LogP contribution is -2.17. The lowest BCUT2D eigenvalue weighted by molar-refractivity contribution is 0.0397. The quantitative estimate of drug-likeness (QED) is 0.585. The molecule has 3 aromatic rings. The molecule has 0 unspecified atom stereocenters. The third-order valence-electron chi connectivity index (χ3n) is 3.75. The van der Waals surface area contributed by atoms with Gasteiger partial charge in [0.25, 0.3) is 0 Å². The average Bonchev–Trinajstić information content (AvgIpc) is 3.25. The van der Waals surface area contributed by atoms with Crippen LogP contribution in [-0.4, -0.2) is 35.3 Å². The van der Waals surface area contributed by atoms with Crippen molar-refractivity contribution in [3.05, 3.63) is 47.0 Å². The monoisotopic (exact) mass is 409 g/mol. The van der Waals surface area contributed by atoms with E-state index < -0.39 is 6.10 Å². The Kier molecular flexibility index (Phi) is 5.52. The first kappa shape index (κ1) is 17.9. The third kappa shape index (κ3) is 4.24. The van der Waals surface area contributed by atoms with Gasteiger partial charge in [0, 0.05) is 10.8 Å². The molecule has 1 N–H and O–H groups in total. The molecule has 1 aromatic heterocycles. The summed E-state index contributed by atoms with van der Waals surface area (Å²) in [7, 11) is 0. The molecular formula is C18H16ClNO4S2. The summed E-state index contributed by atoms with van der Waals surface area (Å²) in [6.45, 7) is 0.934. The number of hydrogen-bond acceptors (Lipinski definition) is 7. The molecule has 2 heterocycles. The lowest BCUT2D eigenvalue weighted by Gasteiger charge is -2.10. The van der Waals surface area contributed by atoms with Gasteiger partial charge < -0.3 is 19.3 Å². The van der Waals surface area contributed by atoms with Crippen LogP contribution in [0.5, 0.6) is 11.5 Å². The second kappa shape index (κ2) is 8.02. The fraction of sp³-hybridized carbons (Fsp3) is 0.278. The summed E-state index contributed by atoms with van der Waals surface area (Å²) >= 11 is 9.10. The Morgan fingerprint density at radius 3 is 3.04 bits per heavy atom. The van der Waals surface area contributed by atoms with Gasteiger partial charge in [0.05, 0.1) is 29.5 Å². The van der Waals surface area contributed by atoms with Crippen molar-refractivity contribution < 1.29 is 19.3 Å². The van der Waals surface area contributed by atoms with E-state index in [4.69, 9.17) is 25.8 Å². The highest BCUT2D eigenvalue weighted by atomic mass is 35.5. The number of halogens is 1. The third-order valence-corrected chi connectivity index (χ3v) is 6.30. The SMILES string of the molecule is O[C@H](COCc1ccc2c(c1)OCO2)CSc1nc2cc(Cl)ccc2s1. The molecule has 1 aliphatic rings. The largest absolute Gasteiger partial charge is 0.454 e. The Hall–Kier alpha value is -1.51. The van der Waals surface area contributed by atoms with Crippen LogP contribution in [0.2, 0.25) is 5.02 Å². The number of aromatic nitrogens is 1. The average molecular weight is 410 g/mol. The summed E-state index contributed by atoms with van der Waals surface area (Å²) < 4.78 is 18.2. The molecule has 0 fully saturated rings. The maximum absolute atomic E-state index is 10.1. The highest BCUT2D eigenvalue weighted by molar-refractivity contribution is 8.01. The predicted octanol–water partition coefficient (Wildman–Crippen LogP) is 4.35. The number of benzene rings is 2. The Morgan fingerprint density at radius 2 is 2.12 bits per heavy atom. The van der Waals surface area contributed by atoms with Crippen LogP contribution in [0.25, 0.3) is 10.2 Å². The van der Waals surface area contributed by atoms with Crippen molar-refractivity contribution in [2.75, 3.05) is 19.2 Å². The van der Waals surface area contributed by atoms with E-state index in [1.54, 1.807) is 11.3 Å². The predicted molar refractivity (Wildman–Crippen MR) is 104 cm³/mol. The standard InChI is InChI=1S/C18H16ClNO4S2/c19-12-2-4-17-14(6-12)20-18(26-17)25-9-13(21)8-22-7-11-1-3-15-16(5-11)24-10-23-15/h1-6,13,21H,7-10H2/t13-/m1/s1. The second-order valence-corrected chi connectivity index (χ2v) is 8.49. The molecule has 5 nitrogen and oxygen atoms in total. The first-order chi connectivity index (χ1) is 12.7. The zero-order valence-corrected chi connectivity index (χ0v) is 16.1. The van der Waals surface area contributed by atoms with Crippen molar-refractivity contribution in [1.82, 2.24) is 4.98 Å². The maximum Gasteiger partial charge on any atom is 0.231 e. The van der Waals surface area contributed by atoms with Crippen molar-refractivity contribution in [2.24, 2.45) is 0 Å². The minimum Gasteiger partial charge on any atom is -0.454 e. The van der Waals surface area contributed by atoms with Crippen LogP contribution >= 0.6 is 34.7 Å². The minimum atomic E-state index is -0.565. The molecule has 0 saturated carbocycles. The smallest absolute Gasteiger partial charge is 0.231 e. The number of hydrogen-bond donors (Lipinski definition) is 1. The van der Waals surface area contributed by atoms with Crippen molar-refractivity contribution in [1.29, 1.82) is 0 Å². The van der Waals surface area contributed by atoms with E-state index in [0.29, 0.717) is 17.4 Å². The molecular weight excluding hydrogens is 394 g/mol. The number of thiazole rings is 1. The van der Waals surface area contributed by atoms with E-state index in [1.165, 1.54) is 11.8 Å². The van der Waals surface area contributed by atoms with Gasteiger partial charge in [0.1, 0.15) is 0 Å². The summed E-state index contributed by atoms with van der Waals surface area (Å²) in [6.07, 6.45) is -0.565. The molecule has 2 aromatic carbocycles. The molecule has 1 aliphatic heterocycles. The van der Waals surface area contributed by atoms with Gasteiger partial charge in [-0.25, -0.2) is 4.98 Å². The topological polar surface area (TPSA) is 60.8 Å². The lowest BCUT2D eigenvalue weighted by atomic mass is 10.2. The van der Waals surface area contributed by atoms with Crippen molar-refractivity contribution in [2.45, 2.75) is 17.1 Å². The van der Waals surface area contributed by atoms with Gasteiger partial charge in [-0.3, -0.25) is 0 Å². The zero-order valence-electron chi connectivity index (χ0n) is 13.7. The zero-order chi connectivity index (χ0) is 17.9. The van der Waals surface area contributed by atoms with Crippen LogP contribution in [0.1, 0.15) is 5.56 Å². The Balaban J connectivity index is 1.24. The summed E-state index contributed by atoms with van der Waals surface area (Å²) in [4.78, 5) is 4.53. The van der Waals surface area contributed by atoms with E-state index in [-0.39, 0.29) is 13.4 Å². The van der Waals surface area contributed by atoms with Crippen LogP contribution in [0.3, 0.4) is 0 Å². The van der Waals surface area contributed by atoms with E-state index >= 15 is 0 Å². The number of nitrogens with zero attached hydrogens (tertiary/aromatic N) is 1. The molecule has 0 amide bonds. The first-order valence-electron chi connectivity index (χ1n) is 8.00. The van der Waals surface area contributed by atoms with E-state index in [9.17, 15) is 5.11 Å². The normalized spacial score (nSPS) is 14.1. The highest BCUT2D eigenvalue weighted by Gasteiger charge is 2.14. The fourth-order valence-corrected chi connectivity index (χ4v) is 4.65. The minimum absolute atomic E-state index is 0.257. The fourth-order valence-electron chi connectivity index (χ4n) is 2.50. The van der Waals surface area contributed by atoms with Gasteiger partial charge in [-0.15, -0.1) is 11.3 Å². The summed E-state index contributed by atoms with van der Waals surface area (Å²) in [6, 6.07) is 11.4. The maximum atomic E-state index is 10.1. The Bertz CT molecular complexity index is 917. The number of ether oxygens (including phenoxy) is 3. The highest BCUT2D eigenvalue weighted by Crippen LogP contribution is 2.33. The summed E-state index contributed by atoms with van der Waals surface area (Å²) in [5, 5.41) is 10.8. The molecule has 136 valence electrons. The molecule has 26 heavy (non-hydrogen) atoms.